The van der Waals surface area contributed by atoms with E-state index in [-0.39, 0.29) is 11.5 Å². The minimum atomic E-state index is -0.207. The zero-order valence-corrected chi connectivity index (χ0v) is 15.7. The van der Waals surface area contributed by atoms with Crippen molar-refractivity contribution in [2.24, 2.45) is 0 Å². The molecule has 0 bridgehead atoms. The van der Waals surface area contributed by atoms with Crippen LogP contribution in [0.5, 0.6) is 0 Å². The van der Waals surface area contributed by atoms with E-state index in [1.54, 1.807) is 29.0 Å². The molecular weight excluding hydrogens is 354 g/mol. The number of amides is 1. The highest BCUT2D eigenvalue weighted by molar-refractivity contribution is 6.05. The lowest BCUT2D eigenvalue weighted by molar-refractivity contribution is 0.102. The van der Waals surface area contributed by atoms with Crippen molar-refractivity contribution >= 4 is 22.6 Å². The van der Waals surface area contributed by atoms with Gasteiger partial charge in [0, 0.05) is 24.6 Å². The van der Waals surface area contributed by atoms with Gasteiger partial charge in [-0.3, -0.25) is 14.2 Å². The van der Waals surface area contributed by atoms with Crippen LogP contribution in [-0.4, -0.2) is 25.2 Å². The van der Waals surface area contributed by atoms with Gasteiger partial charge >= 0.3 is 0 Å². The summed E-state index contributed by atoms with van der Waals surface area (Å²) in [4.78, 5) is 30.0. The van der Waals surface area contributed by atoms with Gasteiger partial charge < -0.3 is 5.32 Å². The molecule has 144 valence electrons. The van der Waals surface area contributed by atoms with Gasteiger partial charge in [-0.25, -0.2) is 9.67 Å². The van der Waals surface area contributed by atoms with Crippen molar-refractivity contribution in [1.29, 1.82) is 0 Å². The minimum absolute atomic E-state index is 0.0140. The standard InChI is InChI=1S/C21H23N5O2/c27-20(24-19-10-11-22-26(19)15-5-2-1-3-6-15)14-8-9-16-17(13-14)23-18-7-4-12-25(18)21(16)28/h8-11,13,15H,1-7,12H2,(H,24,27). The molecule has 0 spiro atoms. The molecule has 1 fully saturated rings. The molecule has 1 amide bonds. The second-order valence-corrected chi connectivity index (χ2v) is 7.73. The van der Waals surface area contributed by atoms with E-state index in [4.69, 9.17) is 0 Å². The molecule has 3 aromatic rings. The highest BCUT2D eigenvalue weighted by Gasteiger charge is 2.20. The van der Waals surface area contributed by atoms with E-state index in [0.29, 0.717) is 22.5 Å². The molecule has 2 aliphatic rings. The molecule has 1 N–H and O–H groups in total. The van der Waals surface area contributed by atoms with Gasteiger partial charge in [0.05, 0.1) is 23.1 Å². The van der Waals surface area contributed by atoms with Crippen LogP contribution in [0.2, 0.25) is 0 Å². The number of carbonyl (C=O) groups excluding carboxylic acids is 1. The lowest BCUT2D eigenvalue weighted by atomic mass is 9.96. The monoisotopic (exact) mass is 377 g/mol. The topological polar surface area (TPSA) is 81.8 Å². The maximum Gasteiger partial charge on any atom is 0.261 e. The molecule has 0 atom stereocenters. The highest BCUT2D eigenvalue weighted by Crippen LogP contribution is 2.30. The zero-order valence-electron chi connectivity index (χ0n) is 15.7. The molecule has 1 aliphatic heterocycles. The fourth-order valence-electron chi connectivity index (χ4n) is 4.44. The average Bonchev–Trinajstić information content (AvgIpc) is 3.38. The number of rotatable bonds is 3. The lowest BCUT2D eigenvalue weighted by Gasteiger charge is -2.23. The van der Waals surface area contributed by atoms with Crippen LogP contribution in [0, 0.1) is 0 Å². The quantitative estimate of drug-likeness (QED) is 0.759. The Labute approximate surface area is 162 Å². The van der Waals surface area contributed by atoms with Crippen molar-refractivity contribution in [2.75, 3.05) is 5.32 Å². The van der Waals surface area contributed by atoms with Crippen molar-refractivity contribution in [2.45, 2.75) is 57.5 Å². The molecule has 3 heterocycles. The summed E-state index contributed by atoms with van der Waals surface area (Å²) in [6.07, 6.45) is 9.35. The third-order valence-corrected chi connectivity index (χ3v) is 5.91. The van der Waals surface area contributed by atoms with Gasteiger partial charge in [0.2, 0.25) is 0 Å². The number of benzene rings is 1. The smallest absolute Gasteiger partial charge is 0.261 e. The number of hydrogen-bond acceptors (Lipinski definition) is 4. The summed E-state index contributed by atoms with van der Waals surface area (Å²) in [6, 6.07) is 7.31. The predicted molar refractivity (Wildman–Crippen MR) is 107 cm³/mol. The molecule has 7 heteroatoms. The summed E-state index contributed by atoms with van der Waals surface area (Å²) in [5.41, 5.74) is 1.07. The molecule has 1 aromatic carbocycles. The first-order chi connectivity index (χ1) is 13.7. The third kappa shape index (κ3) is 2.91. The van der Waals surface area contributed by atoms with E-state index in [2.05, 4.69) is 15.4 Å². The molecule has 2 aromatic heterocycles. The van der Waals surface area contributed by atoms with E-state index in [0.717, 1.165) is 43.9 Å². The number of nitrogens with zero attached hydrogens (tertiary/aromatic N) is 4. The summed E-state index contributed by atoms with van der Waals surface area (Å²) in [6.45, 7) is 0.727. The van der Waals surface area contributed by atoms with E-state index in [9.17, 15) is 9.59 Å². The molecule has 5 rings (SSSR count). The first-order valence-corrected chi connectivity index (χ1v) is 10.1. The van der Waals surface area contributed by atoms with E-state index < -0.39 is 0 Å². The van der Waals surface area contributed by atoms with Gasteiger partial charge in [0.1, 0.15) is 11.6 Å². The van der Waals surface area contributed by atoms with Crippen LogP contribution in [-0.2, 0) is 13.0 Å². The molecule has 0 saturated heterocycles. The highest BCUT2D eigenvalue weighted by atomic mass is 16.2. The van der Waals surface area contributed by atoms with Gasteiger partial charge in [0.15, 0.2) is 0 Å². The van der Waals surface area contributed by atoms with Gasteiger partial charge in [-0.2, -0.15) is 5.10 Å². The second-order valence-electron chi connectivity index (χ2n) is 7.73. The van der Waals surface area contributed by atoms with Crippen LogP contribution in [0.3, 0.4) is 0 Å². The van der Waals surface area contributed by atoms with Crippen molar-refractivity contribution in [3.63, 3.8) is 0 Å². The number of anilines is 1. The maximum atomic E-state index is 12.8. The summed E-state index contributed by atoms with van der Waals surface area (Å²) in [7, 11) is 0. The Morgan fingerprint density at radius 1 is 1.11 bits per heavy atom. The molecule has 28 heavy (non-hydrogen) atoms. The normalized spacial score (nSPS) is 17.0. The largest absolute Gasteiger partial charge is 0.307 e. The van der Waals surface area contributed by atoms with Crippen molar-refractivity contribution in [1.82, 2.24) is 19.3 Å². The number of aromatic nitrogens is 4. The fourth-order valence-corrected chi connectivity index (χ4v) is 4.44. The maximum absolute atomic E-state index is 12.8. The Bertz CT molecular complexity index is 1110. The van der Waals surface area contributed by atoms with Crippen LogP contribution >= 0.6 is 0 Å². The summed E-state index contributed by atoms with van der Waals surface area (Å²) in [5, 5.41) is 7.98. The van der Waals surface area contributed by atoms with E-state index in [1.165, 1.54) is 19.3 Å². The Balaban J connectivity index is 1.43. The zero-order chi connectivity index (χ0) is 19.1. The van der Waals surface area contributed by atoms with Crippen LogP contribution in [0.1, 0.15) is 60.7 Å². The molecular formula is C21H23N5O2. The average molecular weight is 377 g/mol. The molecule has 0 radical (unpaired) electrons. The number of hydrogen-bond donors (Lipinski definition) is 1. The number of nitrogens with one attached hydrogen (secondary N) is 1. The van der Waals surface area contributed by atoms with Crippen LogP contribution in [0.25, 0.3) is 10.9 Å². The van der Waals surface area contributed by atoms with Crippen molar-refractivity contribution < 1.29 is 4.79 Å². The summed E-state index contributed by atoms with van der Waals surface area (Å²) < 4.78 is 3.68. The van der Waals surface area contributed by atoms with Crippen LogP contribution < -0.4 is 10.9 Å². The van der Waals surface area contributed by atoms with Gasteiger partial charge in [-0.15, -0.1) is 0 Å². The van der Waals surface area contributed by atoms with Gasteiger partial charge in [-0.05, 0) is 37.5 Å². The first-order valence-electron chi connectivity index (χ1n) is 10.1. The first kappa shape index (κ1) is 17.2. The molecule has 1 saturated carbocycles. The molecule has 1 aliphatic carbocycles. The lowest BCUT2D eigenvalue weighted by Crippen LogP contribution is -2.22. The Morgan fingerprint density at radius 3 is 2.82 bits per heavy atom. The summed E-state index contributed by atoms with van der Waals surface area (Å²) in [5.74, 6) is 1.33. The SMILES string of the molecule is O=C(Nc1ccnn1C1CCCCC1)c1ccc2c(=O)n3c(nc2c1)CCC3. The number of carbonyl (C=O) groups is 1. The van der Waals surface area contributed by atoms with Gasteiger partial charge in [0.25, 0.3) is 11.5 Å². The second kappa shape index (κ2) is 6.89. The fraction of sp³-hybridized carbons (Fsp3) is 0.429. The Hall–Kier alpha value is -2.96. The van der Waals surface area contributed by atoms with Crippen molar-refractivity contribution in [3.05, 3.63) is 52.2 Å². The number of aryl methyl sites for hydroxylation is 1. The molecule has 7 nitrogen and oxygen atoms in total. The number of fused-ring (bicyclic) bond motifs is 2. The molecule has 0 unspecified atom stereocenters. The third-order valence-electron chi connectivity index (χ3n) is 5.91. The van der Waals surface area contributed by atoms with Crippen molar-refractivity contribution in [3.8, 4) is 0 Å². The van der Waals surface area contributed by atoms with Crippen LogP contribution in [0.15, 0.2) is 35.3 Å². The Morgan fingerprint density at radius 2 is 1.96 bits per heavy atom. The van der Waals surface area contributed by atoms with E-state index >= 15 is 0 Å². The Kier molecular flexibility index (Phi) is 4.22. The minimum Gasteiger partial charge on any atom is -0.307 e. The van der Waals surface area contributed by atoms with Gasteiger partial charge in [-0.1, -0.05) is 19.3 Å². The predicted octanol–water partition coefficient (Wildman–Crippen LogP) is 3.30. The summed E-state index contributed by atoms with van der Waals surface area (Å²) >= 11 is 0. The van der Waals surface area contributed by atoms with Crippen LogP contribution in [0.4, 0.5) is 5.82 Å². The van der Waals surface area contributed by atoms with E-state index in [1.807, 2.05) is 10.7 Å².